The summed E-state index contributed by atoms with van der Waals surface area (Å²) in [5.74, 6) is 1.41. The van der Waals surface area contributed by atoms with Crippen LogP contribution >= 0.6 is 0 Å². The van der Waals surface area contributed by atoms with E-state index in [1.807, 2.05) is 24.3 Å². The molecule has 19 heavy (non-hydrogen) atoms. The quantitative estimate of drug-likeness (QED) is 0.853. The first-order valence-electron chi connectivity index (χ1n) is 5.88. The van der Waals surface area contributed by atoms with Crippen molar-refractivity contribution in [1.82, 2.24) is 4.98 Å². The van der Waals surface area contributed by atoms with Crippen molar-refractivity contribution in [2.24, 2.45) is 5.73 Å². The van der Waals surface area contributed by atoms with Crippen molar-refractivity contribution in [3.63, 3.8) is 0 Å². The zero-order valence-corrected chi connectivity index (χ0v) is 10.3. The number of hydrogen-bond acceptors (Lipinski definition) is 5. The lowest BCUT2D eigenvalue weighted by atomic mass is 10.2. The summed E-state index contributed by atoms with van der Waals surface area (Å²) in [6, 6.07) is 12.9. The Balaban J connectivity index is 2.04. The number of anilines is 2. The first kappa shape index (κ1) is 12.9. The van der Waals surface area contributed by atoms with Gasteiger partial charge in [0.05, 0.1) is 11.6 Å². The second-order valence-corrected chi connectivity index (χ2v) is 3.83. The van der Waals surface area contributed by atoms with E-state index in [4.69, 9.17) is 15.7 Å². The van der Waals surface area contributed by atoms with E-state index >= 15 is 0 Å². The van der Waals surface area contributed by atoms with Gasteiger partial charge in [-0.05, 0) is 36.4 Å². The number of nitrogens with one attached hydrogen (secondary N) is 1. The molecule has 1 aromatic heterocycles. The van der Waals surface area contributed by atoms with Crippen LogP contribution in [-0.2, 0) is 0 Å². The summed E-state index contributed by atoms with van der Waals surface area (Å²) in [5.41, 5.74) is 6.81. The summed E-state index contributed by atoms with van der Waals surface area (Å²) in [6.45, 7) is 0.990. The molecule has 0 saturated heterocycles. The molecule has 0 atom stereocenters. The second-order valence-electron chi connectivity index (χ2n) is 3.83. The number of hydrogen-bond donors (Lipinski definition) is 2. The zero-order chi connectivity index (χ0) is 13.5. The fourth-order valence-electron chi connectivity index (χ4n) is 1.53. The Labute approximate surface area is 111 Å². The normalized spacial score (nSPS) is 9.68. The van der Waals surface area contributed by atoms with Crippen LogP contribution in [-0.4, -0.2) is 18.1 Å². The van der Waals surface area contributed by atoms with Crippen LogP contribution in [0.25, 0.3) is 0 Å². The molecular formula is C14H14N4O. The maximum absolute atomic E-state index is 8.81. The van der Waals surface area contributed by atoms with Crippen LogP contribution in [0.15, 0.2) is 42.6 Å². The molecule has 0 aliphatic carbocycles. The molecular weight excluding hydrogens is 240 g/mol. The highest BCUT2D eigenvalue weighted by Crippen LogP contribution is 2.19. The van der Waals surface area contributed by atoms with Gasteiger partial charge in [0.2, 0.25) is 0 Å². The maximum atomic E-state index is 8.81. The molecule has 0 bridgehead atoms. The highest BCUT2D eigenvalue weighted by atomic mass is 16.5. The van der Waals surface area contributed by atoms with Crippen LogP contribution in [0.2, 0.25) is 0 Å². The summed E-state index contributed by atoms with van der Waals surface area (Å²) in [5, 5.41) is 11.9. The van der Waals surface area contributed by atoms with Crippen molar-refractivity contribution in [2.75, 3.05) is 18.5 Å². The van der Waals surface area contributed by atoms with Gasteiger partial charge in [-0.25, -0.2) is 4.98 Å². The van der Waals surface area contributed by atoms with E-state index in [1.54, 1.807) is 18.3 Å². The van der Waals surface area contributed by atoms with Gasteiger partial charge in [-0.15, -0.1) is 0 Å². The van der Waals surface area contributed by atoms with E-state index in [-0.39, 0.29) is 0 Å². The minimum atomic E-state index is 0.491. The number of ether oxygens (including phenoxy) is 1. The number of pyridine rings is 1. The molecule has 0 amide bonds. The Kier molecular flexibility index (Phi) is 4.32. The number of nitriles is 1. The Morgan fingerprint density at radius 3 is 2.74 bits per heavy atom. The highest BCUT2D eigenvalue weighted by Gasteiger charge is 1.99. The average molecular weight is 254 g/mol. The van der Waals surface area contributed by atoms with Crippen molar-refractivity contribution in [2.45, 2.75) is 0 Å². The fraction of sp³-hybridized carbons (Fsp3) is 0.143. The van der Waals surface area contributed by atoms with E-state index in [1.165, 1.54) is 0 Å². The summed E-state index contributed by atoms with van der Waals surface area (Å²) < 4.78 is 5.39. The third-order valence-electron chi connectivity index (χ3n) is 2.40. The van der Waals surface area contributed by atoms with E-state index in [0.717, 1.165) is 11.4 Å². The fourth-order valence-corrected chi connectivity index (χ4v) is 1.53. The smallest absolute Gasteiger partial charge is 0.131 e. The monoisotopic (exact) mass is 254 g/mol. The molecule has 0 fully saturated rings. The number of benzene rings is 1. The topological polar surface area (TPSA) is 84.0 Å². The van der Waals surface area contributed by atoms with Crippen molar-refractivity contribution in [3.8, 4) is 11.8 Å². The Morgan fingerprint density at radius 1 is 1.26 bits per heavy atom. The Bertz CT molecular complexity index is 575. The van der Waals surface area contributed by atoms with Crippen molar-refractivity contribution in [3.05, 3.63) is 48.2 Å². The summed E-state index contributed by atoms with van der Waals surface area (Å²) in [6.07, 6.45) is 1.60. The molecule has 0 spiro atoms. The maximum Gasteiger partial charge on any atom is 0.131 e. The van der Waals surface area contributed by atoms with Gasteiger partial charge in [0.25, 0.3) is 0 Å². The minimum Gasteiger partial charge on any atom is -0.492 e. The average Bonchev–Trinajstić information content (AvgIpc) is 2.47. The predicted molar refractivity (Wildman–Crippen MR) is 73.2 cm³/mol. The first-order chi connectivity index (χ1) is 9.31. The number of rotatable bonds is 5. The van der Waals surface area contributed by atoms with Gasteiger partial charge in [-0.2, -0.15) is 5.26 Å². The van der Waals surface area contributed by atoms with Gasteiger partial charge < -0.3 is 15.8 Å². The van der Waals surface area contributed by atoms with Crippen LogP contribution in [0, 0.1) is 11.3 Å². The minimum absolute atomic E-state index is 0.491. The molecule has 0 aliphatic heterocycles. The molecule has 2 rings (SSSR count). The predicted octanol–water partition coefficient (Wildman–Crippen LogP) is 2.03. The lowest BCUT2D eigenvalue weighted by molar-refractivity contribution is 0.328. The molecule has 1 heterocycles. The molecule has 5 nitrogen and oxygen atoms in total. The van der Waals surface area contributed by atoms with Crippen LogP contribution in [0.1, 0.15) is 5.56 Å². The number of nitrogens with zero attached hydrogens (tertiary/aromatic N) is 2. The second kappa shape index (κ2) is 6.38. The molecule has 2 aromatic rings. The third-order valence-corrected chi connectivity index (χ3v) is 2.40. The van der Waals surface area contributed by atoms with Gasteiger partial charge in [-0.1, -0.05) is 0 Å². The van der Waals surface area contributed by atoms with E-state index < -0.39 is 0 Å². The first-order valence-corrected chi connectivity index (χ1v) is 5.88. The van der Waals surface area contributed by atoms with Gasteiger partial charge in [0.15, 0.2) is 0 Å². The summed E-state index contributed by atoms with van der Waals surface area (Å²) in [4.78, 5) is 4.14. The molecule has 0 saturated carbocycles. The lowest BCUT2D eigenvalue weighted by Crippen LogP contribution is -2.10. The lowest BCUT2D eigenvalue weighted by Gasteiger charge is -2.08. The van der Waals surface area contributed by atoms with Crippen LogP contribution in [0.4, 0.5) is 11.5 Å². The third kappa shape index (κ3) is 3.69. The Hall–Kier alpha value is -2.58. The molecule has 96 valence electrons. The van der Waals surface area contributed by atoms with Gasteiger partial charge >= 0.3 is 0 Å². The van der Waals surface area contributed by atoms with Gasteiger partial charge in [0, 0.05) is 18.4 Å². The van der Waals surface area contributed by atoms with E-state index in [9.17, 15) is 0 Å². The van der Waals surface area contributed by atoms with Gasteiger partial charge in [-0.3, -0.25) is 0 Å². The van der Waals surface area contributed by atoms with Crippen LogP contribution < -0.4 is 15.8 Å². The summed E-state index contributed by atoms with van der Waals surface area (Å²) >= 11 is 0. The summed E-state index contributed by atoms with van der Waals surface area (Å²) in [7, 11) is 0. The van der Waals surface area contributed by atoms with Gasteiger partial charge in [0.1, 0.15) is 18.2 Å². The molecule has 1 aromatic carbocycles. The standard InChI is InChI=1S/C14H14N4O/c15-6-8-19-13-3-1-12(2-4-13)18-14-9-11(10-16)5-7-17-14/h1-5,7,9H,6,8,15H2,(H,17,18). The molecule has 5 heteroatoms. The number of nitrogens with two attached hydrogens (primary N) is 1. The molecule has 0 unspecified atom stereocenters. The largest absolute Gasteiger partial charge is 0.492 e. The van der Waals surface area contributed by atoms with Crippen molar-refractivity contribution in [1.29, 1.82) is 5.26 Å². The van der Waals surface area contributed by atoms with Crippen molar-refractivity contribution < 1.29 is 4.74 Å². The van der Waals surface area contributed by atoms with E-state index in [2.05, 4.69) is 16.4 Å². The van der Waals surface area contributed by atoms with Crippen molar-refractivity contribution >= 4 is 11.5 Å². The van der Waals surface area contributed by atoms with Crippen LogP contribution in [0.5, 0.6) is 5.75 Å². The SMILES string of the molecule is N#Cc1ccnc(Nc2ccc(OCCN)cc2)c1. The van der Waals surface area contributed by atoms with E-state index in [0.29, 0.717) is 24.5 Å². The van der Waals surface area contributed by atoms with Crippen LogP contribution in [0.3, 0.4) is 0 Å². The zero-order valence-electron chi connectivity index (χ0n) is 10.3. The number of aromatic nitrogens is 1. The molecule has 3 N–H and O–H groups in total. The molecule has 0 radical (unpaired) electrons. The Morgan fingerprint density at radius 2 is 2.05 bits per heavy atom. The highest BCUT2D eigenvalue weighted by molar-refractivity contribution is 5.58. The molecule has 0 aliphatic rings.